The highest BCUT2D eigenvalue weighted by Crippen LogP contribution is 2.30. The maximum atomic E-state index is 12.5. The number of rotatable bonds is 4. The topological polar surface area (TPSA) is 79.7 Å². The van der Waals surface area contributed by atoms with Crippen molar-refractivity contribution in [2.24, 2.45) is 5.92 Å². The van der Waals surface area contributed by atoms with Crippen LogP contribution >= 0.6 is 0 Å². The summed E-state index contributed by atoms with van der Waals surface area (Å²) < 4.78 is 43.0. The maximum absolute atomic E-state index is 12.5. The number of carbonyl (C=O) groups excluding carboxylic acids is 1. The quantitative estimate of drug-likeness (QED) is 0.853. The molecule has 0 spiro atoms. The van der Waals surface area contributed by atoms with Gasteiger partial charge in [-0.2, -0.15) is 13.2 Å². The second-order valence-electron chi connectivity index (χ2n) is 6.41. The van der Waals surface area contributed by atoms with E-state index in [9.17, 15) is 22.8 Å². The first-order valence-electron chi connectivity index (χ1n) is 8.57. The summed E-state index contributed by atoms with van der Waals surface area (Å²) >= 11 is 0. The lowest BCUT2D eigenvalue weighted by atomic mass is 9.96. The summed E-state index contributed by atoms with van der Waals surface area (Å²) in [6.45, 7) is 0.757. The third-order valence-corrected chi connectivity index (χ3v) is 4.52. The van der Waals surface area contributed by atoms with Gasteiger partial charge in [-0.15, -0.1) is 0 Å². The Morgan fingerprint density at radius 3 is 2.21 bits per heavy atom. The van der Waals surface area contributed by atoms with E-state index in [1.165, 1.54) is 12.1 Å². The van der Waals surface area contributed by atoms with Crippen molar-refractivity contribution >= 4 is 11.9 Å². The molecule has 1 amide bonds. The van der Waals surface area contributed by atoms with Gasteiger partial charge in [0.25, 0.3) is 5.91 Å². The van der Waals surface area contributed by atoms with E-state index >= 15 is 0 Å². The smallest absolute Gasteiger partial charge is 0.417 e. The second kappa shape index (κ2) is 7.87. The zero-order valence-electron chi connectivity index (χ0n) is 14.6. The predicted molar refractivity (Wildman–Crippen MR) is 92.0 cm³/mol. The minimum absolute atomic E-state index is 0.00261. The first kappa shape index (κ1) is 19.7. The van der Waals surface area contributed by atoms with Gasteiger partial charge in [-0.1, -0.05) is 0 Å². The number of amides is 1. The number of halogens is 3. The Labute approximate surface area is 158 Å². The molecule has 1 aromatic carbocycles. The molecule has 28 heavy (non-hydrogen) atoms. The molecule has 1 fully saturated rings. The van der Waals surface area contributed by atoms with E-state index in [-0.39, 0.29) is 11.8 Å². The molecule has 0 saturated carbocycles. The number of alkyl halides is 3. The number of likely N-dealkylation sites (tertiary alicyclic amines) is 1. The van der Waals surface area contributed by atoms with Crippen molar-refractivity contribution in [3.63, 3.8) is 0 Å². The number of pyridine rings is 1. The third-order valence-electron chi connectivity index (χ3n) is 4.52. The van der Waals surface area contributed by atoms with Crippen molar-refractivity contribution in [1.29, 1.82) is 0 Å². The Balaban J connectivity index is 1.60. The van der Waals surface area contributed by atoms with Gasteiger partial charge in [-0.25, -0.2) is 4.98 Å². The molecule has 9 heteroatoms. The van der Waals surface area contributed by atoms with Crippen LogP contribution in [0.2, 0.25) is 0 Å². The molecule has 0 radical (unpaired) electrons. The van der Waals surface area contributed by atoms with Gasteiger partial charge in [0.2, 0.25) is 5.88 Å². The van der Waals surface area contributed by atoms with Gasteiger partial charge in [0.15, 0.2) is 0 Å². The molecule has 1 N–H and O–H groups in total. The standard InChI is InChI=1S/C19H17F3N2O4/c20-19(21,22)14-3-6-16(23-11-14)28-15-4-1-12(2-5-15)17(25)24-9-7-13(8-10-24)18(26)27/h1-6,11,13H,7-10H2,(H,26,27). The lowest BCUT2D eigenvalue weighted by Crippen LogP contribution is -2.40. The van der Waals surface area contributed by atoms with Gasteiger partial charge in [-0.05, 0) is 43.2 Å². The second-order valence-corrected chi connectivity index (χ2v) is 6.41. The summed E-state index contributed by atoms with van der Waals surface area (Å²) in [4.78, 5) is 28.7. The molecule has 3 rings (SSSR count). The van der Waals surface area contributed by atoms with Crippen molar-refractivity contribution in [3.05, 3.63) is 53.7 Å². The molecule has 0 unspecified atom stereocenters. The number of carboxylic acids is 1. The van der Waals surface area contributed by atoms with Crippen LogP contribution < -0.4 is 4.74 Å². The number of piperidine rings is 1. The number of carbonyl (C=O) groups is 2. The largest absolute Gasteiger partial charge is 0.481 e. The fourth-order valence-electron chi connectivity index (χ4n) is 2.91. The zero-order valence-corrected chi connectivity index (χ0v) is 14.6. The Morgan fingerprint density at radius 2 is 1.71 bits per heavy atom. The van der Waals surface area contributed by atoms with Crippen LogP contribution in [0.1, 0.15) is 28.8 Å². The van der Waals surface area contributed by atoms with Crippen molar-refractivity contribution < 1.29 is 32.6 Å². The molecule has 6 nitrogen and oxygen atoms in total. The highest BCUT2D eigenvalue weighted by molar-refractivity contribution is 5.94. The number of hydrogen-bond acceptors (Lipinski definition) is 4. The van der Waals surface area contributed by atoms with Crippen LogP contribution in [0.4, 0.5) is 13.2 Å². The molecule has 1 aromatic heterocycles. The van der Waals surface area contributed by atoms with Gasteiger partial charge in [0.1, 0.15) is 5.75 Å². The molecule has 0 aliphatic carbocycles. The molecule has 2 aromatic rings. The van der Waals surface area contributed by atoms with E-state index in [1.54, 1.807) is 17.0 Å². The molecule has 2 heterocycles. The molecule has 1 aliphatic heterocycles. The van der Waals surface area contributed by atoms with E-state index in [4.69, 9.17) is 9.84 Å². The van der Waals surface area contributed by atoms with E-state index in [1.807, 2.05) is 0 Å². The summed E-state index contributed by atoms with van der Waals surface area (Å²) in [5.41, 5.74) is -0.450. The number of carboxylic acid groups (broad SMARTS) is 1. The highest BCUT2D eigenvalue weighted by atomic mass is 19.4. The normalized spacial score (nSPS) is 15.3. The Hall–Kier alpha value is -3.10. The van der Waals surface area contributed by atoms with Crippen LogP contribution in [-0.4, -0.2) is 40.0 Å². The van der Waals surface area contributed by atoms with E-state index in [0.29, 0.717) is 43.4 Å². The summed E-state index contributed by atoms with van der Waals surface area (Å²) in [6.07, 6.45) is -2.94. The first-order valence-corrected chi connectivity index (χ1v) is 8.57. The molecule has 1 aliphatic rings. The first-order chi connectivity index (χ1) is 13.2. The van der Waals surface area contributed by atoms with E-state index < -0.39 is 23.6 Å². The molecular weight excluding hydrogens is 377 g/mol. The van der Waals surface area contributed by atoms with Crippen molar-refractivity contribution in [3.8, 4) is 11.6 Å². The van der Waals surface area contributed by atoms with E-state index in [2.05, 4.69) is 4.98 Å². The summed E-state index contributed by atoms with van der Waals surface area (Å²) in [5.74, 6) is -1.14. The van der Waals surface area contributed by atoms with Gasteiger partial charge in [0.05, 0.1) is 11.5 Å². The predicted octanol–water partition coefficient (Wildman–Crippen LogP) is 3.83. The Bertz CT molecular complexity index is 843. The third kappa shape index (κ3) is 4.59. The number of benzene rings is 1. The molecule has 1 saturated heterocycles. The molecular formula is C19H17F3N2O4. The van der Waals surface area contributed by atoms with Gasteiger partial charge < -0.3 is 14.7 Å². The van der Waals surface area contributed by atoms with Crippen LogP contribution in [0.25, 0.3) is 0 Å². The average molecular weight is 394 g/mol. The summed E-state index contributed by atoms with van der Waals surface area (Å²) in [5, 5.41) is 9.01. The summed E-state index contributed by atoms with van der Waals surface area (Å²) in [7, 11) is 0. The molecule has 0 bridgehead atoms. The number of nitrogens with zero attached hydrogens (tertiary/aromatic N) is 2. The van der Waals surface area contributed by atoms with Gasteiger partial charge >= 0.3 is 12.1 Å². The fourth-order valence-corrected chi connectivity index (χ4v) is 2.91. The number of ether oxygens (including phenoxy) is 1. The van der Waals surface area contributed by atoms with Crippen LogP contribution in [0.3, 0.4) is 0 Å². The van der Waals surface area contributed by atoms with Crippen LogP contribution in [0.15, 0.2) is 42.6 Å². The van der Waals surface area contributed by atoms with Crippen LogP contribution in [0.5, 0.6) is 11.6 Å². The summed E-state index contributed by atoms with van der Waals surface area (Å²) in [6, 6.07) is 8.14. The van der Waals surface area contributed by atoms with Crippen LogP contribution in [-0.2, 0) is 11.0 Å². The molecule has 148 valence electrons. The minimum Gasteiger partial charge on any atom is -0.481 e. The Kier molecular flexibility index (Phi) is 5.53. The minimum atomic E-state index is -4.47. The fraction of sp³-hybridized carbons (Fsp3) is 0.316. The highest BCUT2D eigenvalue weighted by Gasteiger charge is 2.31. The van der Waals surface area contributed by atoms with E-state index in [0.717, 1.165) is 12.1 Å². The number of aromatic nitrogens is 1. The van der Waals surface area contributed by atoms with Crippen LogP contribution in [0, 0.1) is 5.92 Å². The maximum Gasteiger partial charge on any atom is 0.417 e. The van der Waals surface area contributed by atoms with Gasteiger partial charge in [0, 0.05) is 30.9 Å². The Morgan fingerprint density at radius 1 is 1.07 bits per heavy atom. The number of aliphatic carboxylic acids is 1. The van der Waals surface area contributed by atoms with Crippen molar-refractivity contribution in [2.75, 3.05) is 13.1 Å². The van der Waals surface area contributed by atoms with Gasteiger partial charge in [-0.3, -0.25) is 9.59 Å². The SMILES string of the molecule is O=C(O)C1CCN(C(=O)c2ccc(Oc3ccc(C(F)(F)F)cn3)cc2)CC1. The zero-order chi connectivity index (χ0) is 20.3. The lowest BCUT2D eigenvalue weighted by molar-refractivity contribution is -0.143. The lowest BCUT2D eigenvalue weighted by Gasteiger charge is -2.30. The average Bonchev–Trinajstić information content (AvgIpc) is 2.68. The monoisotopic (exact) mass is 394 g/mol. The van der Waals surface area contributed by atoms with Crippen molar-refractivity contribution in [2.45, 2.75) is 19.0 Å². The molecule has 0 atom stereocenters. The number of hydrogen-bond donors (Lipinski definition) is 1. The van der Waals surface area contributed by atoms with Crippen molar-refractivity contribution in [1.82, 2.24) is 9.88 Å².